The Kier molecular flexibility index (Phi) is 5.96. The second kappa shape index (κ2) is 8.10. The van der Waals surface area contributed by atoms with Crippen LogP contribution < -0.4 is 0 Å². The Bertz CT molecular complexity index is 722. The standard InChI is InChI=1S/C27H42O3/c1-17(2)6-11-25(29)30-20-12-14-26(4)19(16-20)7-8-21-23-10-9-22(18(3)28)27(23,5)15-13-24(21)26/h9,17,19-21,23-24H,6-8,10-16H2,1-5H3/t19-,20-,21-,23+,24-,26-,27+/m0/s1. The highest BCUT2D eigenvalue weighted by Gasteiger charge is 2.59. The number of hydrogen-bond donors (Lipinski definition) is 0. The average molecular weight is 415 g/mol. The summed E-state index contributed by atoms with van der Waals surface area (Å²) in [4.78, 5) is 24.5. The number of rotatable bonds is 5. The molecule has 4 rings (SSSR count). The van der Waals surface area contributed by atoms with Gasteiger partial charge in [-0.3, -0.25) is 9.59 Å². The summed E-state index contributed by atoms with van der Waals surface area (Å²) < 4.78 is 5.91. The Morgan fingerprint density at radius 3 is 2.57 bits per heavy atom. The van der Waals surface area contributed by atoms with E-state index in [4.69, 9.17) is 4.74 Å². The summed E-state index contributed by atoms with van der Waals surface area (Å²) in [6, 6.07) is 0. The van der Waals surface area contributed by atoms with Crippen molar-refractivity contribution in [1.82, 2.24) is 0 Å². The molecule has 3 saturated carbocycles. The highest BCUT2D eigenvalue weighted by molar-refractivity contribution is 5.95. The number of esters is 1. The molecule has 0 saturated heterocycles. The Hall–Kier alpha value is -1.12. The van der Waals surface area contributed by atoms with E-state index >= 15 is 0 Å². The maximum absolute atomic E-state index is 12.3. The molecule has 3 nitrogen and oxygen atoms in total. The third-order valence-electron chi connectivity index (χ3n) is 9.80. The maximum atomic E-state index is 12.3. The SMILES string of the molecule is CC(=O)C1=CC[C@@H]2[C@@H]3CC[C@H]4C[C@@H](OC(=O)CCC(C)C)CC[C@]4(C)[C@H]3CC[C@]12C. The molecule has 0 aromatic heterocycles. The number of Topliss-reactive ketones (excluding diaryl/α,β-unsaturated/α-hetero) is 1. The zero-order valence-corrected chi connectivity index (χ0v) is 19.8. The van der Waals surface area contributed by atoms with Crippen LogP contribution in [0.3, 0.4) is 0 Å². The van der Waals surface area contributed by atoms with Gasteiger partial charge in [-0.25, -0.2) is 0 Å². The van der Waals surface area contributed by atoms with Gasteiger partial charge in [-0.1, -0.05) is 33.8 Å². The molecule has 0 unspecified atom stereocenters. The van der Waals surface area contributed by atoms with Gasteiger partial charge in [-0.2, -0.15) is 0 Å². The summed E-state index contributed by atoms with van der Waals surface area (Å²) in [5.74, 6) is 3.70. The second-order valence-corrected chi connectivity index (χ2v) is 11.8. The topological polar surface area (TPSA) is 43.4 Å². The first-order valence-electron chi connectivity index (χ1n) is 12.6. The number of carbonyl (C=O) groups excluding carboxylic acids is 2. The Morgan fingerprint density at radius 1 is 1.10 bits per heavy atom. The lowest BCUT2D eigenvalue weighted by molar-refractivity contribution is -0.161. The monoisotopic (exact) mass is 414 g/mol. The summed E-state index contributed by atoms with van der Waals surface area (Å²) in [5.41, 5.74) is 1.61. The van der Waals surface area contributed by atoms with E-state index in [2.05, 4.69) is 33.8 Å². The number of hydrogen-bond acceptors (Lipinski definition) is 3. The summed E-state index contributed by atoms with van der Waals surface area (Å²) in [6.45, 7) is 11.0. The van der Waals surface area contributed by atoms with Crippen molar-refractivity contribution in [2.24, 2.45) is 40.4 Å². The highest BCUT2D eigenvalue weighted by atomic mass is 16.5. The van der Waals surface area contributed by atoms with E-state index in [1.807, 2.05) is 0 Å². The summed E-state index contributed by atoms with van der Waals surface area (Å²) in [5, 5.41) is 0. The molecule has 30 heavy (non-hydrogen) atoms. The third-order valence-corrected chi connectivity index (χ3v) is 9.80. The molecule has 0 spiro atoms. The zero-order valence-electron chi connectivity index (χ0n) is 19.8. The maximum Gasteiger partial charge on any atom is 0.306 e. The van der Waals surface area contributed by atoms with Crippen LogP contribution in [0.25, 0.3) is 0 Å². The van der Waals surface area contributed by atoms with Crippen molar-refractivity contribution in [3.05, 3.63) is 11.6 Å². The summed E-state index contributed by atoms with van der Waals surface area (Å²) in [6.07, 6.45) is 13.3. The van der Waals surface area contributed by atoms with Gasteiger partial charge in [0, 0.05) is 6.42 Å². The molecule has 0 amide bonds. The van der Waals surface area contributed by atoms with Crippen LogP contribution in [-0.2, 0) is 14.3 Å². The number of ketones is 1. The predicted octanol–water partition coefficient (Wildman–Crippen LogP) is 6.50. The third kappa shape index (κ3) is 3.69. The van der Waals surface area contributed by atoms with E-state index in [0.29, 0.717) is 29.6 Å². The van der Waals surface area contributed by atoms with Crippen molar-refractivity contribution in [1.29, 1.82) is 0 Å². The smallest absolute Gasteiger partial charge is 0.306 e. The fourth-order valence-corrected chi connectivity index (χ4v) is 8.09. The minimum Gasteiger partial charge on any atom is -0.462 e. The second-order valence-electron chi connectivity index (χ2n) is 11.8. The fourth-order valence-electron chi connectivity index (χ4n) is 8.09. The van der Waals surface area contributed by atoms with Crippen LogP contribution in [0.2, 0.25) is 0 Å². The number of fused-ring (bicyclic) bond motifs is 5. The van der Waals surface area contributed by atoms with Crippen LogP contribution in [0, 0.1) is 40.4 Å². The van der Waals surface area contributed by atoms with Crippen molar-refractivity contribution >= 4 is 11.8 Å². The highest BCUT2D eigenvalue weighted by Crippen LogP contribution is 2.66. The molecule has 0 N–H and O–H groups in total. The molecule has 4 aliphatic carbocycles. The molecule has 0 bridgehead atoms. The van der Waals surface area contributed by atoms with Crippen molar-refractivity contribution in [2.45, 2.75) is 105 Å². The lowest BCUT2D eigenvalue weighted by atomic mass is 9.44. The lowest BCUT2D eigenvalue weighted by Gasteiger charge is -2.60. The average Bonchev–Trinajstić information content (AvgIpc) is 3.04. The van der Waals surface area contributed by atoms with Crippen molar-refractivity contribution in [3.63, 3.8) is 0 Å². The molecule has 0 heterocycles. The normalized spacial score (nSPS) is 42.7. The molecule has 0 radical (unpaired) electrons. The van der Waals surface area contributed by atoms with Gasteiger partial charge >= 0.3 is 5.97 Å². The van der Waals surface area contributed by atoms with Gasteiger partial charge < -0.3 is 4.74 Å². The Labute approximate surface area is 183 Å². The van der Waals surface area contributed by atoms with Gasteiger partial charge in [0.25, 0.3) is 0 Å². The molecule has 4 aliphatic rings. The largest absolute Gasteiger partial charge is 0.462 e. The van der Waals surface area contributed by atoms with E-state index in [0.717, 1.165) is 43.1 Å². The molecular formula is C27H42O3. The minimum atomic E-state index is 0.00761. The van der Waals surface area contributed by atoms with E-state index in [9.17, 15) is 9.59 Å². The van der Waals surface area contributed by atoms with Crippen molar-refractivity contribution in [2.75, 3.05) is 0 Å². The van der Waals surface area contributed by atoms with Crippen LogP contribution in [0.4, 0.5) is 0 Å². The number of allylic oxidation sites excluding steroid dienone is 2. The van der Waals surface area contributed by atoms with Crippen LogP contribution in [0.15, 0.2) is 11.6 Å². The Balaban J connectivity index is 1.42. The van der Waals surface area contributed by atoms with Gasteiger partial charge in [0.15, 0.2) is 5.78 Å². The van der Waals surface area contributed by atoms with Crippen molar-refractivity contribution < 1.29 is 14.3 Å². The van der Waals surface area contributed by atoms with E-state index in [1.165, 1.54) is 32.1 Å². The fraction of sp³-hybridized carbons (Fsp3) is 0.852. The molecule has 0 aromatic carbocycles. The van der Waals surface area contributed by atoms with Crippen LogP contribution in [0.1, 0.15) is 98.8 Å². The van der Waals surface area contributed by atoms with Gasteiger partial charge in [0.2, 0.25) is 0 Å². The first-order valence-corrected chi connectivity index (χ1v) is 12.6. The van der Waals surface area contributed by atoms with Crippen LogP contribution in [-0.4, -0.2) is 17.9 Å². The van der Waals surface area contributed by atoms with Crippen LogP contribution >= 0.6 is 0 Å². The molecule has 3 heteroatoms. The summed E-state index contributed by atoms with van der Waals surface area (Å²) in [7, 11) is 0. The zero-order chi connectivity index (χ0) is 21.7. The molecule has 0 aromatic rings. The predicted molar refractivity (Wildman–Crippen MR) is 120 cm³/mol. The summed E-state index contributed by atoms with van der Waals surface area (Å²) >= 11 is 0. The van der Waals surface area contributed by atoms with Gasteiger partial charge in [-0.05, 0) is 111 Å². The van der Waals surface area contributed by atoms with Gasteiger partial charge in [0.1, 0.15) is 6.10 Å². The van der Waals surface area contributed by atoms with E-state index in [1.54, 1.807) is 6.92 Å². The number of ether oxygens (including phenoxy) is 1. The van der Waals surface area contributed by atoms with E-state index in [-0.39, 0.29) is 23.3 Å². The van der Waals surface area contributed by atoms with Crippen LogP contribution in [0.5, 0.6) is 0 Å². The van der Waals surface area contributed by atoms with E-state index < -0.39 is 0 Å². The number of carbonyl (C=O) groups is 2. The first kappa shape index (κ1) is 22.1. The van der Waals surface area contributed by atoms with Crippen molar-refractivity contribution in [3.8, 4) is 0 Å². The lowest BCUT2D eigenvalue weighted by Crippen LogP contribution is -2.54. The molecule has 3 fully saturated rings. The quantitative estimate of drug-likeness (QED) is 0.482. The molecule has 0 aliphatic heterocycles. The molecule has 7 atom stereocenters. The molecule has 168 valence electrons. The first-order chi connectivity index (χ1) is 14.1. The molecular weight excluding hydrogens is 372 g/mol. The minimum absolute atomic E-state index is 0.00761. The van der Waals surface area contributed by atoms with Gasteiger partial charge in [0.05, 0.1) is 0 Å². The Morgan fingerprint density at radius 2 is 1.87 bits per heavy atom. The van der Waals surface area contributed by atoms with Gasteiger partial charge in [-0.15, -0.1) is 0 Å².